The van der Waals surface area contributed by atoms with E-state index in [4.69, 9.17) is 5.11 Å². The van der Waals surface area contributed by atoms with Crippen LogP contribution in [0.1, 0.15) is 50.7 Å². The molecule has 9 nitrogen and oxygen atoms in total. The minimum Gasteiger partial charge on any atom is -0.481 e. The summed E-state index contributed by atoms with van der Waals surface area (Å²) in [7, 11) is 0. The van der Waals surface area contributed by atoms with E-state index in [9.17, 15) is 19.2 Å². The maximum absolute atomic E-state index is 13.3. The molecule has 9 heteroatoms. The lowest BCUT2D eigenvalue weighted by Crippen LogP contribution is -2.52. The molecule has 4 amide bonds. The Morgan fingerprint density at radius 3 is 2.39 bits per heavy atom. The van der Waals surface area contributed by atoms with Crippen LogP contribution in [0.5, 0.6) is 0 Å². The van der Waals surface area contributed by atoms with Gasteiger partial charge in [0.25, 0.3) is 0 Å². The molecule has 1 unspecified atom stereocenters. The Kier molecular flexibility index (Phi) is 10.3. The van der Waals surface area contributed by atoms with Gasteiger partial charge in [-0.3, -0.25) is 14.4 Å². The van der Waals surface area contributed by atoms with Gasteiger partial charge in [0, 0.05) is 30.9 Å². The van der Waals surface area contributed by atoms with Crippen LogP contribution in [-0.4, -0.2) is 53.0 Å². The number of aliphatic carboxylic acids is 1. The summed E-state index contributed by atoms with van der Waals surface area (Å²) in [6.45, 7) is 6.89. The van der Waals surface area contributed by atoms with Gasteiger partial charge in [-0.1, -0.05) is 44.2 Å². The first-order valence-electron chi connectivity index (χ1n) is 13.1. The predicted molar refractivity (Wildman–Crippen MR) is 147 cm³/mol. The van der Waals surface area contributed by atoms with Gasteiger partial charge in [0.2, 0.25) is 11.8 Å². The van der Waals surface area contributed by atoms with Crippen LogP contribution in [0.4, 0.5) is 16.2 Å². The number of piperidine rings is 1. The van der Waals surface area contributed by atoms with E-state index in [2.05, 4.69) is 16.0 Å². The summed E-state index contributed by atoms with van der Waals surface area (Å²) in [5.74, 6) is -1.14. The van der Waals surface area contributed by atoms with Crippen LogP contribution in [0, 0.1) is 18.8 Å². The van der Waals surface area contributed by atoms with Gasteiger partial charge >= 0.3 is 12.0 Å². The van der Waals surface area contributed by atoms with Crippen molar-refractivity contribution in [2.75, 3.05) is 23.7 Å². The van der Waals surface area contributed by atoms with Gasteiger partial charge in [-0.15, -0.1) is 0 Å². The molecule has 1 fully saturated rings. The number of para-hydroxylation sites is 1. The van der Waals surface area contributed by atoms with E-state index in [0.717, 1.165) is 29.7 Å². The van der Waals surface area contributed by atoms with Crippen LogP contribution >= 0.6 is 0 Å². The molecular weight excluding hydrogens is 484 g/mol. The summed E-state index contributed by atoms with van der Waals surface area (Å²) < 4.78 is 0. The van der Waals surface area contributed by atoms with Gasteiger partial charge in [0.1, 0.15) is 6.04 Å². The third kappa shape index (κ3) is 8.90. The zero-order valence-corrected chi connectivity index (χ0v) is 22.3. The molecule has 38 heavy (non-hydrogen) atoms. The van der Waals surface area contributed by atoms with Crippen molar-refractivity contribution >= 4 is 35.2 Å². The number of urea groups is 1. The number of hydrogen-bond acceptors (Lipinski definition) is 4. The van der Waals surface area contributed by atoms with Crippen molar-refractivity contribution in [3.8, 4) is 0 Å². The molecule has 4 N–H and O–H groups in total. The van der Waals surface area contributed by atoms with Gasteiger partial charge in [-0.25, -0.2) is 4.79 Å². The molecule has 204 valence electrons. The van der Waals surface area contributed by atoms with Crippen LogP contribution in [0.15, 0.2) is 48.5 Å². The number of nitrogens with zero attached hydrogens (tertiary/aromatic N) is 1. The highest BCUT2D eigenvalue weighted by molar-refractivity contribution is 6.00. The molecule has 3 rings (SSSR count). The summed E-state index contributed by atoms with van der Waals surface area (Å²) in [5, 5.41) is 17.6. The highest BCUT2D eigenvalue weighted by Gasteiger charge is 2.31. The van der Waals surface area contributed by atoms with E-state index in [1.54, 1.807) is 29.2 Å². The summed E-state index contributed by atoms with van der Waals surface area (Å²) >= 11 is 0. The molecule has 1 saturated heterocycles. The number of carboxylic acid groups (broad SMARTS) is 1. The SMILES string of the molecule is Cc1ccccc1NC(=O)Nc1ccc(CC(=O)N[C@@H](CC(C)C)C(=O)N2CCCC(CC(=O)O)C2)cc1. The first kappa shape index (κ1) is 28.7. The number of hydrogen-bond donors (Lipinski definition) is 4. The van der Waals surface area contributed by atoms with Crippen molar-refractivity contribution in [1.82, 2.24) is 10.2 Å². The van der Waals surface area contributed by atoms with Crippen molar-refractivity contribution in [2.45, 2.75) is 58.9 Å². The highest BCUT2D eigenvalue weighted by atomic mass is 16.4. The molecule has 0 aromatic heterocycles. The fourth-order valence-electron chi connectivity index (χ4n) is 4.73. The number of carbonyl (C=O) groups excluding carboxylic acids is 3. The molecular formula is C29H38N4O5. The van der Waals surface area contributed by atoms with Gasteiger partial charge < -0.3 is 26.0 Å². The third-order valence-corrected chi connectivity index (χ3v) is 6.60. The average molecular weight is 523 g/mol. The fraction of sp³-hybridized carbons (Fsp3) is 0.448. The quantitative estimate of drug-likeness (QED) is 0.367. The molecule has 2 aromatic rings. The molecule has 2 atom stereocenters. The number of anilines is 2. The molecule has 0 bridgehead atoms. The number of nitrogens with one attached hydrogen (secondary N) is 3. The number of likely N-dealkylation sites (tertiary alicyclic amines) is 1. The Hall–Kier alpha value is -3.88. The number of aryl methyl sites for hydroxylation is 1. The fourth-order valence-corrected chi connectivity index (χ4v) is 4.73. The molecule has 2 aromatic carbocycles. The summed E-state index contributed by atoms with van der Waals surface area (Å²) in [5.41, 5.74) is 3.03. The number of carbonyl (C=O) groups is 4. The van der Waals surface area contributed by atoms with Gasteiger partial charge in [-0.2, -0.15) is 0 Å². The zero-order chi connectivity index (χ0) is 27.7. The summed E-state index contributed by atoms with van der Waals surface area (Å²) in [4.78, 5) is 51.3. The predicted octanol–water partition coefficient (Wildman–Crippen LogP) is 4.43. The zero-order valence-electron chi connectivity index (χ0n) is 22.3. The van der Waals surface area contributed by atoms with E-state index < -0.39 is 12.0 Å². The van der Waals surface area contributed by atoms with E-state index in [0.29, 0.717) is 25.2 Å². The second-order valence-corrected chi connectivity index (χ2v) is 10.4. The maximum atomic E-state index is 13.3. The lowest BCUT2D eigenvalue weighted by molar-refractivity contribution is -0.142. The van der Waals surface area contributed by atoms with Crippen molar-refractivity contribution < 1.29 is 24.3 Å². The van der Waals surface area contributed by atoms with Gasteiger partial charge in [0.15, 0.2) is 0 Å². The Morgan fingerprint density at radius 1 is 1.03 bits per heavy atom. The lowest BCUT2D eigenvalue weighted by Gasteiger charge is -2.35. The molecule has 1 heterocycles. The average Bonchev–Trinajstić information content (AvgIpc) is 2.85. The topological polar surface area (TPSA) is 128 Å². The van der Waals surface area contributed by atoms with Crippen LogP contribution in [-0.2, 0) is 20.8 Å². The van der Waals surface area contributed by atoms with E-state index in [1.165, 1.54) is 0 Å². The summed E-state index contributed by atoms with van der Waals surface area (Å²) in [6, 6.07) is 13.5. The largest absolute Gasteiger partial charge is 0.481 e. The van der Waals surface area contributed by atoms with E-state index in [-0.39, 0.29) is 42.5 Å². The molecule has 0 aliphatic carbocycles. The highest BCUT2D eigenvalue weighted by Crippen LogP contribution is 2.21. The number of carboxylic acids is 1. The van der Waals surface area contributed by atoms with Crippen LogP contribution in [0.3, 0.4) is 0 Å². The van der Waals surface area contributed by atoms with E-state index in [1.807, 2.05) is 45.0 Å². The van der Waals surface area contributed by atoms with Crippen LogP contribution < -0.4 is 16.0 Å². The number of amides is 4. The molecule has 0 radical (unpaired) electrons. The molecule has 0 spiro atoms. The standard InChI is InChI=1S/C29H38N4O5/c1-19(2)15-25(28(37)33-14-6-8-22(18-33)17-27(35)36)31-26(34)16-21-10-12-23(13-11-21)30-29(38)32-24-9-5-4-7-20(24)3/h4-5,7,9-13,19,22,25H,6,8,14-18H2,1-3H3,(H,31,34)(H,35,36)(H2,30,32,38)/t22?,25-/m0/s1. The third-order valence-electron chi connectivity index (χ3n) is 6.60. The number of benzene rings is 2. The summed E-state index contributed by atoms with van der Waals surface area (Å²) in [6.07, 6.45) is 2.19. The van der Waals surface area contributed by atoms with Crippen molar-refractivity contribution in [1.29, 1.82) is 0 Å². The first-order chi connectivity index (χ1) is 18.1. The Balaban J connectivity index is 1.55. The van der Waals surface area contributed by atoms with Gasteiger partial charge in [-0.05, 0) is 67.3 Å². The molecule has 1 aliphatic heterocycles. The Labute approximate surface area is 224 Å². The Morgan fingerprint density at radius 2 is 1.74 bits per heavy atom. The molecule has 1 aliphatic rings. The molecule has 0 saturated carbocycles. The van der Waals surface area contributed by atoms with Crippen LogP contribution in [0.2, 0.25) is 0 Å². The first-order valence-corrected chi connectivity index (χ1v) is 13.1. The smallest absolute Gasteiger partial charge is 0.323 e. The van der Waals surface area contributed by atoms with Gasteiger partial charge in [0.05, 0.1) is 6.42 Å². The lowest BCUT2D eigenvalue weighted by atomic mass is 9.93. The minimum absolute atomic E-state index is 0.0450. The van der Waals surface area contributed by atoms with Crippen molar-refractivity contribution in [3.05, 3.63) is 59.7 Å². The van der Waals surface area contributed by atoms with Crippen LogP contribution in [0.25, 0.3) is 0 Å². The van der Waals surface area contributed by atoms with Crippen molar-refractivity contribution in [2.24, 2.45) is 11.8 Å². The normalized spacial score (nSPS) is 16.0. The maximum Gasteiger partial charge on any atom is 0.323 e. The van der Waals surface area contributed by atoms with Crippen molar-refractivity contribution in [3.63, 3.8) is 0 Å². The Bertz CT molecular complexity index is 1130. The monoisotopic (exact) mass is 522 g/mol. The minimum atomic E-state index is -0.857. The number of rotatable bonds is 10. The second-order valence-electron chi connectivity index (χ2n) is 10.4. The van der Waals surface area contributed by atoms with E-state index >= 15 is 0 Å². The second kappa shape index (κ2) is 13.6.